The molecule has 182 valence electrons. The van der Waals surface area contributed by atoms with Crippen molar-refractivity contribution in [2.45, 2.75) is 0 Å². The molecule has 0 aliphatic heterocycles. The maximum absolute atomic E-state index is 4.88. The van der Waals surface area contributed by atoms with Crippen LogP contribution in [0, 0.1) is 0 Å². The second-order valence-corrected chi connectivity index (χ2v) is 10.4. The number of pyridine rings is 2. The highest BCUT2D eigenvalue weighted by atomic mass is 79.9. The van der Waals surface area contributed by atoms with E-state index in [0.717, 1.165) is 47.9 Å². The van der Waals surface area contributed by atoms with Crippen LogP contribution in [0.3, 0.4) is 0 Å². The molecule has 0 saturated heterocycles. The Bertz CT molecular complexity index is 1590. The highest BCUT2D eigenvalue weighted by Crippen LogP contribution is 2.30. The molecule has 7 heteroatoms. The van der Waals surface area contributed by atoms with Crippen molar-refractivity contribution >= 4 is 31.9 Å². The van der Waals surface area contributed by atoms with Gasteiger partial charge in [-0.1, -0.05) is 86.5 Å². The van der Waals surface area contributed by atoms with Crippen molar-refractivity contribution in [3.8, 4) is 56.4 Å². The van der Waals surface area contributed by atoms with Gasteiger partial charge < -0.3 is 0 Å². The van der Waals surface area contributed by atoms with Crippen LogP contribution in [0.4, 0.5) is 0 Å². The molecule has 6 rings (SSSR count). The highest BCUT2D eigenvalue weighted by Gasteiger charge is 2.14. The van der Waals surface area contributed by atoms with Crippen LogP contribution in [0.1, 0.15) is 0 Å². The van der Waals surface area contributed by atoms with E-state index in [9.17, 15) is 0 Å². The third-order valence-electron chi connectivity index (χ3n) is 6.05. The molecule has 0 N–H and O–H groups in total. The summed E-state index contributed by atoms with van der Waals surface area (Å²) in [7, 11) is 0. The van der Waals surface area contributed by atoms with E-state index >= 15 is 0 Å². The van der Waals surface area contributed by atoms with E-state index in [4.69, 9.17) is 15.0 Å². The van der Waals surface area contributed by atoms with Gasteiger partial charge in [-0.2, -0.15) is 0 Å². The van der Waals surface area contributed by atoms with Gasteiger partial charge in [-0.25, -0.2) is 15.0 Å². The van der Waals surface area contributed by atoms with Gasteiger partial charge in [0.25, 0.3) is 0 Å². The average Bonchev–Trinajstić information content (AvgIpc) is 2.97. The van der Waals surface area contributed by atoms with Crippen LogP contribution in [-0.2, 0) is 0 Å². The van der Waals surface area contributed by atoms with Gasteiger partial charge in [0.15, 0.2) is 17.5 Å². The predicted molar refractivity (Wildman–Crippen MR) is 158 cm³/mol. The number of aromatic nitrogens is 5. The second kappa shape index (κ2) is 10.7. The number of benzene rings is 3. The minimum atomic E-state index is 0.599. The highest BCUT2D eigenvalue weighted by molar-refractivity contribution is 9.11. The lowest BCUT2D eigenvalue weighted by Crippen LogP contribution is -2.00. The fourth-order valence-electron chi connectivity index (χ4n) is 4.15. The van der Waals surface area contributed by atoms with E-state index in [2.05, 4.69) is 66.1 Å². The lowest BCUT2D eigenvalue weighted by molar-refractivity contribution is 1.07. The zero-order chi connectivity index (χ0) is 25.9. The third-order valence-corrected chi connectivity index (χ3v) is 6.97. The largest absolute Gasteiger partial charge is 0.265 e. The lowest BCUT2D eigenvalue weighted by Gasteiger charge is -2.10. The third kappa shape index (κ3) is 5.30. The molecular weight excluding hydrogens is 602 g/mol. The Labute approximate surface area is 237 Å². The van der Waals surface area contributed by atoms with E-state index in [1.165, 1.54) is 0 Å². The maximum atomic E-state index is 4.88. The summed E-state index contributed by atoms with van der Waals surface area (Å²) >= 11 is 7.17. The summed E-state index contributed by atoms with van der Waals surface area (Å²) in [5, 5.41) is 0. The first-order valence-electron chi connectivity index (χ1n) is 11.9. The van der Waals surface area contributed by atoms with Crippen molar-refractivity contribution in [3.63, 3.8) is 0 Å². The van der Waals surface area contributed by atoms with E-state index in [1.54, 1.807) is 18.6 Å². The van der Waals surface area contributed by atoms with Crippen LogP contribution >= 0.6 is 31.9 Å². The van der Waals surface area contributed by atoms with Gasteiger partial charge in [0.2, 0.25) is 0 Å². The molecule has 3 heterocycles. The van der Waals surface area contributed by atoms with E-state index in [1.807, 2.05) is 72.9 Å². The first kappa shape index (κ1) is 24.3. The van der Waals surface area contributed by atoms with Crippen LogP contribution < -0.4 is 0 Å². The Morgan fingerprint density at radius 1 is 0.395 bits per heavy atom. The average molecular weight is 621 g/mol. The van der Waals surface area contributed by atoms with Crippen molar-refractivity contribution in [2.24, 2.45) is 0 Å². The Kier molecular flexibility index (Phi) is 6.86. The number of hydrogen-bond acceptors (Lipinski definition) is 5. The first-order valence-corrected chi connectivity index (χ1v) is 13.5. The summed E-state index contributed by atoms with van der Waals surface area (Å²) in [5.41, 5.74) is 7.06. The molecule has 3 aromatic carbocycles. The van der Waals surface area contributed by atoms with Crippen molar-refractivity contribution in [1.82, 2.24) is 24.9 Å². The summed E-state index contributed by atoms with van der Waals surface area (Å²) in [6.45, 7) is 0. The van der Waals surface area contributed by atoms with Gasteiger partial charge in [0, 0.05) is 50.4 Å². The van der Waals surface area contributed by atoms with Crippen molar-refractivity contribution < 1.29 is 0 Å². The summed E-state index contributed by atoms with van der Waals surface area (Å²) in [5.74, 6) is 1.82. The topological polar surface area (TPSA) is 64.5 Å². The van der Waals surface area contributed by atoms with Crippen LogP contribution in [0.2, 0.25) is 0 Å². The zero-order valence-corrected chi connectivity index (χ0v) is 23.1. The molecule has 0 bridgehead atoms. The smallest absolute Gasteiger partial charge is 0.164 e. The minimum absolute atomic E-state index is 0.599. The SMILES string of the molecule is Brc1cc(Br)cc(-c2nc(-c3ccc(-c4ccncc4)cc3)nc(-c3ccc(-c4cccnc4)cc3)n2)c1. The van der Waals surface area contributed by atoms with Crippen molar-refractivity contribution in [3.05, 3.63) is 125 Å². The first-order chi connectivity index (χ1) is 18.6. The Morgan fingerprint density at radius 2 is 0.868 bits per heavy atom. The molecule has 0 spiro atoms. The van der Waals surface area contributed by atoms with Gasteiger partial charge in [0.1, 0.15) is 0 Å². The van der Waals surface area contributed by atoms with Crippen molar-refractivity contribution in [2.75, 3.05) is 0 Å². The summed E-state index contributed by atoms with van der Waals surface area (Å²) < 4.78 is 1.88. The monoisotopic (exact) mass is 619 g/mol. The molecule has 5 nitrogen and oxygen atoms in total. The maximum Gasteiger partial charge on any atom is 0.164 e. The summed E-state index contributed by atoms with van der Waals surface area (Å²) in [6.07, 6.45) is 7.22. The Morgan fingerprint density at radius 3 is 1.39 bits per heavy atom. The molecule has 0 fully saturated rings. The standard InChI is InChI=1S/C31H19Br2N5/c32-27-16-26(17-28(33)18-27)31-37-29(23-7-3-20(4-8-23)22-11-14-34-15-12-22)36-30(38-31)24-9-5-21(6-10-24)25-2-1-13-35-19-25/h1-19H. The van der Waals surface area contributed by atoms with Crippen LogP contribution in [0.25, 0.3) is 56.4 Å². The zero-order valence-electron chi connectivity index (χ0n) is 20.0. The van der Waals surface area contributed by atoms with Gasteiger partial charge >= 0.3 is 0 Å². The molecule has 0 radical (unpaired) electrons. The van der Waals surface area contributed by atoms with E-state index in [0.29, 0.717) is 17.5 Å². The molecule has 38 heavy (non-hydrogen) atoms. The van der Waals surface area contributed by atoms with Gasteiger partial charge in [-0.3, -0.25) is 9.97 Å². The normalized spacial score (nSPS) is 10.9. The van der Waals surface area contributed by atoms with Crippen molar-refractivity contribution in [1.29, 1.82) is 0 Å². The molecule has 0 atom stereocenters. The number of hydrogen-bond donors (Lipinski definition) is 0. The molecule has 3 aromatic heterocycles. The summed E-state index contributed by atoms with van der Waals surface area (Å²) in [6, 6.07) is 30.4. The lowest BCUT2D eigenvalue weighted by atomic mass is 10.0. The molecule has 0 amide bonds. The van der Waals surface area contributed by atoms with E-state index < -0.39 is 0 Å². The van der Waals surface area contributed by atoms with Gasteiger partial charge in [-0.15, -0.1) is 0 Å². The number of rotatable bonds is 5. The second-order valence-electron chi connectivity index (χ2n) is 8.60. The molecule has 0 aliphatic carbocycles. The molecule has 0 aliphatic rings. The minimum Gasteiger partial charge on any atom is -0.265 e. The number of halogens is 2. The molecular formula is C31H19Br2N5. The van der Waals surface area contributed by atoms with Crippen LogP contribution in [0.15, 0.2) is 125 Å². The van der Waals surface area contributed by atoms with Gasteiger partial charge in [0.05, 0.1) is 0 Å². The van der Waals surface area contributed by atoms with Gasteiger partial charge in [-0.05, 0) is 58.7 Å². The number of nitrogens with zero attached hydrogens (tertiary/aromatic N) is 5. The fraction of sp³-hybridized carbons (Fsp3) is 0. The summed E-state index contributed by atoms with van der Waals surface area (Å²) in [4.78, 5) is 23.0. The fourth-order valence-corrected chi connectivity index (χ4v) is 5.44. The van der Waals surface area contributed by atoms with Crippen LogP contribution in [-0.4, -0.2) is 24.9 Å². The Hall–Kier alpha value is -4.07. The Balaban J connectivity index is 1.44. The molecule has 0 unspecified atom stereocenters. The molecule has 0 saturated carbocycles. The molecule has 6 aromatic rings. The quantitative estimate of drug-likeness (QED) is 0.193. The van der Waals surface area contributed by atoms with Crippen LogP contribution in [0.5, 0.6) is 0 Å². The predicted octanol–water partition coefficient (Wildman–Crippen LogP) is 8.52. The van der Waals surface area contributed by atoms with E-state index in [-0.39, 0.29) is 0 Å².